The van der Waals surface area contributed by atoms with Crippen molar-refractivity contribution in [3.05, 3.63) is 65.0 Å². The normalized spacial score (nSPS) is 9.86. The lowest BCUT2D eigenvalue weighted by Gasteiger charge is -2.09. The van der Waals surface area contributed by atoms with E-state index in [9.17, 15) is 4.39 Å². The van der Waals surface area contributed by atoms with Crippen LogP contribution < -0.4 is 4.74 Å². The van der Waals surface area contributed by atoms with Crippen LogP contribution in [0.15, 0.2) is 42.5 Å². The van der Waals surface area contributed by atoms with Crippen LogP contribution in [0.4, 0.5) is 4.39 Å². The predicted molar refractivity (Wildman–Crippen MR) is 84.1 cm³/mol. The summed E-state index contributed by atoms with van der Waals surface area (Å²) in [5, 5.41) is 0. The summed E-state index contributed by atoms with van der Waals surface area (Å²) in [4.78, 5) is 0. The summed E-state index contributed by atoms with van der Waals surface area (Å²) in [6.07, 6.45) is 0.609. The molecule has 0 aliphatic heterocycles. The Morgan fingerprint density at radius 3 is 2.76 bits per heavy atom. The lowest BCUT2D eigenvalue weighted by atomic mass is 10.1. The summed E-state index contributed by atoms with van der Waals surface area (Å²) in [7, 11) is 0. The lowest BCUT2D eigenvalue weighted by molar-refractivity contribution is 0.289. The van der Waals surface area contributed by atoms with Crippen LogP contribution in [0, 0.1) is 24.6 Å². The largest absolute Gasteiger partial charge is 0.486 e. The van der Waals surface area contributed by atoms with E-state index in [1.54, 1.807) is 12.1 Å². The lowest BCUT2D eigenvalue weighted by Crippen LogP contribution is -1.99. The van der Waals surface area contributed by atoms with Gasteiger partial charge in [0.15, 0.2) is 11.6 Å². The Bertz CT molecular complexity index is 670. The van der Waals surface area contributed by atoms with Crippen molar-refractivity contribution in [3.8, 4) is 17.6 Å². The first-order valence-electron chi connectivity index (χ1n) is 6.72. The number of benzene rings is 2. The predicted octanol–water partition coefficient (Wildman–Crippen LogP) is 4.69. The zero-order chi connectivity index (χ0) is 15.1. The second kappa shape index (κ2) is 7.71. The number of alkyl halides is 1. The number of rotatable bonds is 4. The zero-order valence-electron chi connectivity index (χ0n) is 11.8. The molecule has 0 amide bonds. The highest BCUT2D eigenvalue weighted by atomic mass is 35.5. The van der Waals surface area contributed by atoms with E-state index in [-0.39, 0.29) is 11.6 Å². The fourth-order valence-electron chi connectivity index (χ4n) is 1.83. The molecule has 0 bridgehead atoms. The number of ether oxygens (including phenoxy) is 1. The molecule has 0 saturated carbocycles. The van der Waals surface area contributed by atoms with Gasteiger partial charge in [0, 0.05) is 17.9 Å². The molecule has 108 valence electrons. The second-order valence-corrected chi connectivity index (χ2v) is 4.98. The molecular weight excluding hydrogens is 287 g/mol. The van der Waals surface area contributed by atoms with Crippen molar-refractivity contribution in [2.75, 3.05) is 5.88 Å². The number of hydrogen-bond acceptors (Lipinski definition) is 1. The van der Waals surface area contributed by atoms with Crippen LogP contribution in [0.3, 0.4) is 0 Å². The zero-order valence-corrected chi connectivity index (χ0v) is 12.6. The highest BCUT2D eigenvalue weighted by Crippen LogP contribution is 2.20. The monoisotopic (exact) mass is 302 g/mol. The molecule has 3 heteroatoms. The maximum Gasteiger partial charge on any atom is 0.165 e. The average molecular weight is 303 g/mol. The van der Waals surface area contributed by atoms with Gasteiger partial charge in [-0.25, -0.2) is 4.39 Å². The third-order valence-corrected chi connectivity index (χ3v) is 3.22. The third-order valence-electron chi connectivity index (χ3n) is 3.03. The van der Waals surface area contributed by atoms with E-state index < -0.39 is 0 Å². The Balaban J connectivity index is 2.11. The van der Waals surface area contributed by atoms with E-state index in [1.807, 2.05) is 31.2 Å². The van der Waals surface area contributed by atoms with Gasteiger partial charge in [0.1, 0.15) is 6.61 Å². The summed E-state index contributed by atoms with van der Waals surface area (Å²) in [5.41, 5.74) is 2.88. The number of hydrogen-bond donors (Lipinski definition) is 0. The van der Waals surface area contributed by atoms with E-state index in [0.29, 0.717) is 18.9 Å². The van der Waals surface area contributed by atoms with Gasteiger partial charge in [0.2, 0.25) is 0 Å². The molecule has 0 saturated heterocycles. The molecule has 0 unspecified atom stereocenters. The van der Waals surface area contributed by atoms with Gasteiger partial charge < -0.3 is 4.74 Å². The van der Waals surface area contributed by atoms with Gasteiger partial charge in [-0.15, -0.1) is 11.6 Å². The molecule has 0 radical (unpaired) electrons. The third kappa shape index (κ3) is 4.51. The Morgan fingerprint density at radius 1 is 1.19 bits per heavy atom. The van der Waals surface area contributed by atoms with Crippen molar-refractivity contribution in [3.63, 3.8) is 0 Å². The van der Waals surface area contributed by atoms with Crippen LogP contribution in [-0.2, 0) is 6.61 Å². The smallest absolute Gasteiger partial charge is 0.165 e. The van der Waals surface area contributed by atoms with Gasteiger partial charge >= 0.3 is 0 Å². The first kappa shape index (κ1) is 15.4. The van der Waals surface area contributed by atoms with Crippen molar-refractivity contribution < 1.29 is 9.13 Å². The summed E-state index contributed by atoms with van der Waals surface area (Å²) in [6, 6.07) is 12.5. The molecule has 0 aliphatic rings. The Kier molecular flexibility index (Phi) is 5.66. The van der Waals surface area contributed by atoms with Crippen molar-refractivity contribution >= 4 is 11.6 Å². The van der Waals surface area contributed by atoms with Crippen LogP contribution in [0.25, 0.3) is 0 Å². The van der Waals surface area contributed by atoms with Gasteiger partial charge in [-0.1, -0.05) is 36.1 Å². The highest BCUT2D eigenvalue weighted by molar-refractivity contribution is 6.18. The number of aryl methyl sites for hydroxylation is 1. The molecule has 0 heterocycles. The van der Waals surface area contributed by atoms with E-state index in [0.717, 1.165) is 16.7 Å². The molecular formula is C18H16ClFO. The Labute approximate surface area is 129 Å². The molecule has 0 N–H and O–H groups in total. The van der Waals surface area contributed by atoms with Crippen molar-refractivity contribution in [1.82, 2.24) is 0 Å². The fourth-order valence-corrected chi connectivity index (χ4v) is 1.93. The molecule has 21 heavy (non-hydrogen) atoms. The Morgan fingerprint density at radius 2 is 2.00 bits per heavy atom. The number of halogens is 2. The van der Waals surface area contributed by atoms with E-state index in [4.69, 9.17) is 16.3 Å². The van der Waals surface area contributed by atoms with Crippen LogP contribution in [0.5, 0.6) is 5.75 Å². The molecule has 0 aromatic heterocycles. The summed E-state index contributed by atoms with van der Waals surface area (Å²) in [5.74, 6) is 6.19. The van der Waals surface area contributed by atoms with Crippen LogP contribution >= 0.6 is 11.6 Å². The van der Waals surface area contributed by atoms with Gasteiger partial charge in [0.05, 0.1) is 0 Å². The van der Waals surface area contributed by atoms with Crippen molar-refractivity contribution in [1.29, 1.82) is 0 Å². The van der Waals surface area contributed by atoms with E-state index >= 15 is 0 Å². The molecule has 2 aromatic rings. The minimum atomic E-state index is -0.383. The fraction of sp³-hybridized carbons (Fsp3) is 0.222. The molecule has 2 rings (SSSR count). The Hall–Kier alpha value is -1.98. The first-order valence-corrected chi connectivity index (χ1v) is 7.26. The molecule has 1 nitrogen and oxygen atoms in total. The summed E-state index contributed by atoms with van der Waals surface area (Å²) < 4.78 is 19.3. The van der Waals surface area contributed by atoms with Gasteiger partial charge in [-0.05, 0) is 36.2 Å². The van der Waals surface area contributed by atoms with E-state index in [1.165, 1.54) is 6.07 Å². The minimum Gasteiger partial charge on any atom is -0.486 e. The van der Waals surface area contributed by atoms with Gasteiger partial charge in [-0.3, -0.25) is 0 Å². The average Bonchev–Trinajstić information content (AvgIpc) is 2.49. The maximum absolute atomic E-state index is 13.8. The van der Waals surface area contributed by atoms with Gasteiger partial charge in [-0.2, -0.15) is 0 Å². The molecule has 0 aliphatic carbocycles. The van der Waals surface area contributed by atoms with Crippen molar-refractivity contribution in [2.45, 2.75) is 20.0 Å². The van der Waals surface area contributed by atoms with Crippen LogP contribution in [0.2, 0.25) is 0 Å². The molecule has 0 spiro atoms. The molecule has 0 fully saturated rings. The standard InChI is InChI=1S/C18H16ClFO/c1-14-6-2-3-8-16(14)13-21-18-12-15(7-4-5-11-19)9-10-17(18)20/h2-3,6,8-10,12H,5,11,13H2,1H3. The molecule has 2 aromatic carbocycles. The second-order valence-electron chi connectivity index (χ2n) is 4.60. The topological polar surface area (TPSA) is 9.23 Å². The van der Waals surface area contributed by atoms with Crippen molar-refractivity contribution in [2.24, 2.45) is 0 Å². The van der Waals surface area contributed by atoms with Crippen LogP contribution in [-0.4, -0.2) is 5.88 Å². The summed E-state index contributed by atoms with van der Waals surface area (Å²) >= 11 is 5.57. The van der Waals surface area contributed by atoms with Crippen LogP contribution in [0.1, 0.15) is 23.1 Å². The highest BCUT2D eigenvalue weighted by Gasteiger charge is 2.05. The molecule has 0 atom stereocenters. The van der Waals surface area contributed by atoms with Gasteiger partial charge in [0.25, 0.3) is 0 Å². The minimum absolute atomic E-state index is 0.218. The van der Waals surface area contributed by atoms with E-state index in [2.05, 4.69) is 11.8 Å². The maximum atomic E-state index is 13.8. The SMILES string of the molecule is Cc1ccccc1COc1cc(C#CCCCl)ccc1F. The quantitative estimate of drug-likeness (QED) is 0.588. The summed E-state index contributed by atoms with van der Waals surface area (Å²) in [6.45, 7) is 2.34. The first-order chi connectivity index (χ1) is 10.2.